The summed E-state index contributed by atoms with van der Waals surface area (Å²) in [5.41, 5.74) is -1.23. The number of benzene rings is 1. The smallest absolute Gasteiger partial charge is 0.407 e. The Labute approximate surface area is 142 Å². The lowest BCUT2D eigenvalue weighted by molar-refractivity contribution is 0.0307. The van der Waals surface area contributed by atoms with Crippen LogP contribution in [0, 0.1) is 17.7 Å². The van der Waals surface area contributed by atoms with Crippen LogP contribution in [0.1, 0.15) is 52.0 Å². The van der Waals surface area contributed by atoms with Gasteiger partial charge in [-0.15, -0.1) is 0 Å². The predicted molar refractivity (Wildman–Crippen MR) is 89.9 cm³/mol. The maximum atomic E-state index is 13.2. The van der Waals surface area contributed by atoms with Gasteiger partial charge in [0.2, 0.25) is 0 Å². The minimum atomic E-state index is -1.19. The number of aliphatic hydroxyl groups is 1. The number of nitrogens with one attached hydrogen (secondary N) is 1. The van der Waals surface area contributed by atoms with Crippen LogP contribution in [0.2, 0.25) is 0 Å². The largest absolute Gasteiger partial charge is 0.444 e. The number of alkyl carbamates (subject to hydrolysis) is 1. The molecule has 1 aromatic carbocycles. The summed E-state index contributed by atoms with van der Waals surface area (Å²) in [7, 11) is 0. The van der Waals surface area contributed by atoms with Gasteiger partial charge in [0, 0.05) is 18.0 Å². The monoisotopic (exact) mass is 333 g/mol. The Morgan fingerprint density at radius 3 is 2.88 bits per heavy atom. The maximum Gasteiger partial charge on any atom is 0.407 e. The third-order valence-corrected chi connectivity index (χ3v) is 3.71. The Bertz CT molecular complexity index is 657. The SMILES string of the molecule is CC(C)(C)OC(=O)N[C@H]1CCC[C@](O)(C#Cc2cccc(F)c2)C1. The first-order chi connectivity index (χ1) is 11.2. The van der Waals surface area contributed by atoms with Crippen LogP contribution in [0.4, 0.5) is 9.18 Å². The van der Waals surface area contributed by atoms with Crippen LogP contribution in [-0.2, 0) is 4.74 Å². The van der Waals surface area contributed by atoms with E-state index in [0.29, 0.717) is 18.4 Å². The van der Waals surface area contributed by atoms with E-state index in [1.165, 1.54) is 12.1 Å². The van der Waals surface area contributed by atoms with E-state index < -0.39 is 17.3 Å². The van der Waals surface area contributed by atoms with Crippen molar-refractivity contribution in [3.05, 3.63) is 35.6 Å². The van der Waals surface area contributed by atoms with Crippen molar-refractivity contribution in [2.75, 3.05) is 0 Å². The van der Waals surface area contributed by atoms with Crippen molar-refractivity contribution in [3.8, 4) is 11.8 Å². The highest BCUT2D eigenvalue weighted by Gasteiger charge is 2.34. The standard InChI is InChI=1S/C19H24FNO3/c1-18(2,3)24-17(22)21-16-8-5-10-19(23,13-16)11-9-14-6-4-7-15(20)12-14/h4,6-7,12,16,23H,5,8,10,13H2,1-3H3,(H,21,22)/t16-,19-/m0/s1. The van der Waals surface area contributed by atoms with Gasteiger partial charge in [-0.05, 0) is 58.2 Å². The Hall–Kier alpha value is -2.06. The van der Waals surface area contributed by atoms with Gasteiger partial charge in [-0.2, -0.15) is 0 Å². The van der Waals surface area contributed by atoms with E-state index in [2.05, 4.69) is 17.2 Å². The number of amides is 1. The van der Waals surface area contributed by atoms with Crippen molar-refractivity contribution in [1.82, 2.24) is 5.32 Å². The zero-order chi connectivity index (χ0) is 17.8. The van der Waals surface area contributed by atoms with Gasteiger partial charge in [0.05, 0.1) is 0 Å². The second-order valence-corrected chi connectivity index (χ2v) is 7.23. The van der Waals surface area contributed by atoms with Crippen molar-refractivity contribution in [2.24, 2.45) is 0 Å². The molecule has 1 fully saturated rings. The minimum Gasteiger partial charge on any atom is -0.444 e. The van der Waals surface area contributed by atoms with Gasteiger partial charge in [-0.25, -0.2) is 9.18 Å². The van der Waals surface area contributed by atoms with Crippen molar-refractivity contribution in [1.29, 1.82) is 0 Å². The third-order valence-electron chi connectivity index (χ3n) is 3.71. The normalized spacial score (nSPS) is 23.8. The summed E-state index contributed by atoms with van der Waals surface area (Å²) >= 11 is 0. The van der Waals surface area contributed by atoms with Crippen LogP contribution in [0.15, 0.2) is 24.3 Å². The van der Waals surface area contributed by atoms with Crippen LogP contribution in [0.25, 0.3) is 0 Å². The molecule has 5 heteroatoms. The summed E-state index contributed by atoms with van der Waals surface area (Å²) < 4.78 is 18.4. The van der Waals surface area contributed by atoms with Crippen molar-refractivity contribution < 1.29 is 19.0 Å². The molecule has 1 saturated carbocycles. The Morgan fingerprint density at radius 2 is 2.21 bits per heavy atom. The summed E-state index contributed by atoms with van der Waals surface area (Å²) in [5.74, 6) is 5.30. The highest BCUT2D eigenvalue weighted by atomic mass is 19.1. The van der Waals surface area contributed by atoms with Gasteiger partial charge >= 0.3 is 6.09 Å². The first-order valence-corrected chi connectivity index (χ1v) is 8.16. The average Bonchev–Trinajstić information content (AvgIpc) is 2.43. The van der Waals surface area contributed by atoms with Crippen LogP contribution < -0.4 is 5.32 Å². The van der Waals surface area contributed by atoms with Crippen molar-refractivity contribution in [3.63, 3.8) is 0 Å². The van der Waals surface area contributed by atoms with Crippen molar-refractivity contribution in [2.45, 2.75) is 63.7 Å². The van der Waals surface area contributed by atoms with E-state index in [1.807, 2.05) is 0 Å². The summed E-state index contributed by atoms with van der Waals surface area (Å²) in [6.45, 7) is 5.40. The fourth-order valence-corrected chi connectivity index (χ4v) is 2.72. The molecule has 1 amide bonds. The molecule has 0 aliphatic heterocycles. The molecule has 0 saturated heterocycles. The Kier molecular flexibility index (Phi) is 5.51. The fourth-order valence-electron chi connectivity index (χ4n) is 2.72. The van der Waals surface area contributed by atoms with Crippen LogP contribution in [-0.4, -0.2) is 28.4 Å². The van der Waals surface area contributed by atoms with E-state index in [9.17, 15) is 14.3 Å². The topological polar surface area (TPSA) is 58.6 Å². The minimum absolute atomic E-state index is 0.194. The number of rotatable bonds is 1. The van der Waals surface area contributed by atoms with E-state index in [0.717, 1.165) is 12.8 Å². The lowest BCUT2D eigenvalue weighted by Crippen LogP contribution is -2.46. The molecule has 0 heterocycles. The Morgan fingerprint density at radius 1 is 1.46 bits per heavy atom. The van der Waals surface area contributed by atoms with Crippen LogP contribution >= 0.6 is 0 Å². The molecular weight excluding hydrogens is 309 g/mol. The zero-order valence-corrected chi connectivity index (χ0v) is 14.4. The number of ether oxygens (including phenoxy) is 1. The van der Waals surface area contributed by atoms with E-state index >= 15 is 0 Å². The molecule has 0 radical (unpaired) electrons. The molecule has 0 bridgehead atoms. The van der Waals surface area contributed by atoms with Crippen LogP contribution in [0.3, 0.4) is 0 Å². The summed E-state index contributed by atoms with van der Waals surface area (Å²) in [4.78, 5) is 11.9. The molecule has 1 aliphatic rings. The molecule has 0 spiro atoms. The molecule has 0 unspecified atom stereocenters. The number of carbonyl (C=O) groups excluding carboxylic acids is 1. The quantitative estimate of drug-likeness (QED) is 0.775. The molecule has 1 aliphatic carbocycles. The first-order valence-electron chi connectivity index (χ1n) is 8.16. The van der Waals surface area contributed by atoms with Gasteiger partial charge in [0.1, 0.15) is 17.0 Å². The first kappa shape index (κ1) is 18.3. The number of halogens is 1. The molecule has 24 heavy (non-hydrogen) atoms. The van der Waals surface area contributed by atoms with E-state index in [1.54, 1.807) is 32.9 Å². The summed E-state index contributed by atoms with van der Waals surface area (Å²) in [5, 5.41) is 13.4. The third kappa shape index (κ3) is 5.86. The zero-order valence-electron chi connectivity index (χ0n) is 14.4. The summed E-state index contributed by atoms with van der Waals surface area (Å²) in [6.07, 6.45) is 1.88. The molecular formula is C19H24FNO3. The average molecular weight is 333 g/mol. The van der Waals surface area contributed by atoms with Gasteiger partial charge in [-0.3, -0.25) is 0 Å². The maximum absolute atomic E-state index is 13.2. The second-order valence-electron chi connectivity index (χ2n) is 7.23. The molecule has 0 aromatic heterocycles. The lowest BCUT2D eigenvalue weighted by Gasteiger charge is -2.33. The highest BCUT2D eigenvalue weighted by Crippen LogP contribution is 2.28. The van der Waals surface area contributed by atoms with E-state index in [4.69, 9.17) is 4.74 Å². The van der Waals surface area contributed by atoms with Gasteiger partial charge in [0.15, 0.2) is 0 Å². The number of hydrogen-bond donors (Lipinski definition) is 2. The molecule has 2 N–H and O–H groups in total. The molecule has 4 nitrogen and oxygen atoms in total. The molecule has 1 aromatic rings. The molecule has 130 valence electrons. The van der Waals surface area contributed by atoms with E-state index in [-0.39, 0.29) is 11.9 Å². The molecule has 2 atom stereocenters. The second kappa shape index (κ2) is 7.23. The summed E-state index contributed by atoms with van der Waals surface area (Å²) in [6, 6.07) is 5.76. The number of carbonyl (C=O) groups is 1. The van der Waals surface area contributed by atoms with Gasteiger partial charge in [-0.1, -0.05) is 17.9 Å². The van der Waals surface area contributed by atoms with Gasteiger partial charge < -0.3 is 15.2 Å². The lowest BCUT2D eigenvalue weighted by atomic mass is 9.82. The van der Waals surface area contributed by atoms with Crippen molar-refractivity contribution >= 4 is 6.09 Å². The Balaban J connectivity index is 2.00. The van der Waals surface area contributed by atoms with Crippen LogP contribution in [0.5, 0.6) is 0 Å². The highest BCUT2D eigenvalue weighted by molar-refractivity contribution is 5.68. The molecule has 2 rings (SSSR count). The van der Waals surface area contributed by atoms with Gasteiger partial charge in [0.25, 0.3) is 0 Å². The number of hydrogen-bond acceptors (Lipinski definition) is 3. The predicted octanol–water partition coefficient (Wildman–Crippen LogP) is 3.38. The fraction of sp³-hybridized carbons (Fsp3) is 0.526.